The second-order valence-corrected chi connectivity index (χ2v) is 10.8. The normalized spacial score (nSPS) is 17.3. The standard InChI is InChI=1S/C32H27F2N5O3/c1-18-31(19(2)42-36-18)20-6-13-27-26(16-20)35-32(39(27)22-9-7-21(8-10-22)37-15-14-29(37)40)28-4-3-5-30(41)38(28)23-11-12-24(33)25(34)17-23/h6-13,16-17,28H,3-5,14-15H2,1-2H3/t28-/m0/s1. The molecule has 8 nitrogen and oxygen atoms in total. The van der Waals surface area contributed by atoms with Crippen molar-refractivity contribution in [2.45, 2.75) is 45.6 Å². The maximum atomic E-state index is 14.3. The zero-order valence-electron chi connectivity index (χ0n) is 23.1. The van der Waals surface area contributed by atoms with E-state index in [4.69, 9.17) is 9.51 Å². The van der Waals surface area contributed by atoms with Crippen molar-refractivity contribution in [3.63, 3.8) is 0 Å². The Labute approximate surface area is 240 Å². The fourth-order valence-corrected chi connectivity index (χ4v) is 6.09. The van der Waals surface area contributed by atoms with Crippen LogP contribution in [0.5, 0.6) is 0 Å². The van der Waals surface area contributed by atoms with Crippen molar-refractivity contribution in [1.29, 1.82) is 0 Å². The molecule has 0 saturated carbocycles. The van der Waals surface area contributed by atoms with E-state index in [9.17, 15) is 18.4 Å². The molecule has 2 saturated heterocycles. The zero-order chi connectivity index (χ0) is 29.1. The average Bonchev–Trinajstić information content (AvgIpc) is 3.52. The second-order valence-electron chi connectivity index (χ2n) is 10.8. The van der Waals surface area contributed by atoms with Gasteiger partial charge in [-0.2, -0.15) is 0 Å². The Hall–Kier alpha value is -4.86. The Kier molecular flexibility index (Phi) is 6.14. The smallest absolute Gasteiger partial charge is 0.228 e. The molecule has 2 fully saturated rings. The summed E-state index contributed by atoms with van der Waals surface area (Å²) in [6.07, 6.45) is 2.06. The molecule has 4 heterocycles. The first-order valence-corrected chi connectivity index (χ1v) is 13.9. The number of fused-ring (bicyclic) bond motifs is 1. The van der Waals surface area contributed by atoms with E-state index in [0.717, 1.165) is 45.8 Å². The van der Waals surface area contributed by atoms with Crippen LogP contribution >= 0.6 is 0 Å². The van der Waals surface area contributed by atoms with E-state index in [1.165, 1.54) is 11.0 Å². The summed E-state index contributed by atoms with van der Waals surface area (Å²) in [5.74, 6) is -0.778. The highest BCUT2D eigenvalue weighted by Gasteiger charge is 2.35. The van der Waals surface area contributed by atoms with Crippen molar-refractivity contribution < 1.29 is 22.9 Å². The average molecular weight is 568 g/mol. The number of β-lactam (4-membered cyclic amide) rings is 1. The number of carbonyl (C=O) groups is 2. The van der Waals surface area contributed by atoms with Crippen LogP contribution in [0.4, 0.5) is 20.2 Å². The third kappa shape index (κ3) is 4.17. The maximum absolute atomic E-state index is 14.3. The third-order valence-electron chi connectivity index (χ3n) is 8.20. The summed E-state index contributed by atoms with van der Waals surface area (Å²) in [4.78, 5) is 33.7. The third-order valence-corrected chi connectivity index (χ3v) is 8.20. The minimum absolute atomic E-state index is 0.0891. The van der Waals surface area contributed by atoms with Crippen LogP contribution in [0.1, 0.15) is 49.0 Å². The SMILES string of the molecule is Cc1noc(C)c1-c1ccc2c(c1)nc([C@@H]1CCCC(=O)N1c1ccc(F)c(F)c1)n2-c1ccc(N2CCC2=O)cc1. The molecule has 0 unspecified atom stereocenters. The van der Waals surface area contributed by atoms with E-state index in [-0.39, 0.29) is 17.5 Å². The molecule has 212 valence electrons. The first-order valence-electron chi connectivity index (χ1n) is 13.9. The van der Waals surface area contributed by atoms with Crippen LogP contribution in [-0.2, 0) is 9.59 Å². The number of anilines is 2. The molecule has 0 bridgehead atoms. The van der Waals surface area contributed by atoms with Gasteiger partial charge in [-0.25, -0.2) is 13.8 Å². The van der Waals surface area contributed by atoms with Crippen molar-refractivity contribution in [3.05, 3.63) is 89.6 Å². The van der Waals surface area contributed by atoms with Gasteiger partial charge in [-0.3, -0.25) is 14.2 Å². The Bertz CT molecular complexity index is 1860. The number of hydrogen-bond donors (Lipinski definition) is 0. The molecule has 7 rings (SSSR count). The molecule has 0 aliphatic carbocycles. The fourth-order valence-electron chi connectivity index (χ4n) is 6.09. The number of hydrogen-bond acceptors (Lipinski definition) is 5. The number of imidazole rings is 1. The molecule has 5 aromatic rings. The number of rotatable bonds is 5. The molecular weight excluding hydrogens is 540 g/mol. The van der Waals surface area contributed by atoms with Crippen LogP contribution in [0.25, 0.3) is 27.8 Å². The number of nitrogens with zero attached hydrogens (tertiary/aromatic N) is 5. The highest BCUT2D eigenvalue weighted by molar-refractivity contribution is 5.99. The number of halogens is 2. The molecule has 0 radical (unpaired) electrons. The number of carbonyl (C=O) groups excluding carboxylic acids is 2. The van der Waals surface area contributed by atoms with Gasteiger partial charge in [0.1, 0.15) is 11.6 Å². The highest BCUT2D eigenvalue weighted by Crippen LogP contribution is 2.40. The van der Waals surface area contributed by atoms with E-state index in [1.54, 1.807) is 4.90 Å². The first kappa shape index (κ1) is 26.1. The number of amides is 2. The van der Waals surface area contributed by atoms with Gasteiger partial charge in [0.25, 0.3) is 0 Å². The van der Waals surface area contributed by atoms with Gasteiger partial charge in [0.15, 0.2) is 11.6 Å². The maximum Gasteiger partial charge on any atom is 0.228 e. The summed E-state index contributed by atoms with van der Waals surface area (Å²) in [7, 11) is 0. The fraction of sp³-hybridized carbons (Fsp3) is 0.250. The van der Waals surface area contributed by atoms with Gasteiger partial charge >= 0.3 is 0 Å². The molecule has 10 heteroatoms. The summed E-state index contributed by atoms with van der Waals surface area (Å²) < 4.78 is 35.6. The quantitative estimate of drug-likeness (QED) is 0.224. The molecule has 1 atom stereocenters. The Balaban J connectivity index is 1.41. The minimum Gasteiger partial charge on any atom is -0.361 e. The van der Waals surface area contributed by atoms with Gasteiger partial charge in [0.2, 0.25) is 11.8 Å². The van der Waals surface area contributed by atoms with E-state index in [0.29, 0.717) is 49.3 Å². The van der Waals surface area contributed by atoms with Crippen molar-refractivity contribution in [2.24, 2.45) is 0 Å². The molecule has 0 N–H and O–H groups in total. The van der Waals surface area contributed by atoms with E-state index in [1.807, 2.05) is 60.9 Å². The molecule has 2 aliphatic rings. The van der Waals surface area contributed by atoms with E-state index in [2.05, 4.69) is 5.16 Å². The number of aryl methyl sites for hydroxylation is 2. The van der Waals surface area contributed by atoms with Gasteiger partial charge < -0.3 is 14.3 Å². The Morgan fingerprint density at radius 1 is 0.857 bits per heavy atom. The van der Waals surface area contributed by atoms with Crippen LogP contribution in [0.15, 0.2) is 65.2 Å². The second kappa shape index (κ2) is 9.90. The van der Waals surface area contributed by atoms with E-state index >= 15 is 0 Å². The van der Waals surface area contributed by atoms with E-state index < -0.39 is 17.7 Å². The molecule has 0 spiro atoms. The van der Waals surface area contributed by atoms with Gasteiger partial charge in [-0.1, -0.05) is 11.2 Å². The number of benzene rings is 3. The summed E-state index contributed by atoms with van der Waals surface area (Å²) in [6.45, 7) is 4.44. The summed E-state index contributed by atoms with van der Waals surface area (Å²) >= 11 is 0. The molecule has 2 amide bonds. The Morgan fingerprint density at radius 2 is 1.62 bits per heavy atom. The Morgan fingerprint density at radius 3 is 2.29 bits per heavy atom. The van der Waals surface area contributed by atoms with Crippen LogP contribution in [0, 0.1) is 25.5 Å². The van der Waals surface area contributed by atoms with Crippen molar-refractivity contribution in [1.82, 2.24) is 14.7 Å². The summed E-state index contributed by atoms with van der Waals surface area (Å²) in [5.41, 5.74) is 5.99. The molecular formula is C32H27F2N5O3. The molecule has 2 aromatic heterocycles. The lowest BCUT2D eigenvalue weighted by molar-refractivity contribution is -0.122. The monoisotopic (exact) mass is 567 g/mol. The molecule has 42 heavy (non-hydrogen) atoms. The van der Waals surface area contributed by atoms with Gasteiger partial charge in [0.05, 0.1) is 22.8 Å². The van der Waals surface area contributed by atoms with Crippen LogP contribution in [0.2, 0.25) is 0 Å². The van der Waals surface area contributed by atoms with Crippen molar-refractivity contribution in [3.8, 4) is 16.8 Å². The van der Waals surface area contributed by atoms with Crippen molar-refractivity contribution >= 4 is 34.2 Å². The summed E-state index contributed by atoms with van der Waals surface area (Å²) in [5, 5.41) is 4.09. The predicted molar refractivity (Wildman–Crippen MR) is 153 cm³/mol. The van der Waals surface area contributed by atoms with Gasteiger partial charge in [0, 0.05) is 48.1 Å². The first-order chi connectivity index (χ1) is 20.3. The molecule has 3 aromatic carbocycles. The lowest BCUT2D eigenvalue weighted by Gasteiger charge is -2.35. The van der Waals surface area contributed by atoms with Crippen LogP contribution in [-0.4, -0.2) is 33.1 Å². The number of piperidine rings is 1. The van der Waals surface area contributed by atoms with Crippen molar-refractivity contribution in [2.75, 3.05) is 16.3 Å². The van der Waals surface area contributed by atoms with Crippen LogP contribution < -0.4 is 9.80 Å². The van der Waals surface area contributed by atoms with Gasteiger partial charge in [-0.05, 0) is 80.8 Å². The topological polar surface area (TPSA) is 84.5 Å². The summed E-state index contributed by atoms with van der Waals surface area (Å²) in [6, 6.07) is 16.6. The van der Waals surface area contributed by atoms with Crippen LogP contribution in [0.3, 0.4) is 0 Å². The number of aromatic nitrogens is 3. The van der Waals surface area contributed by atoms with Gasteiger partial charge in [-0.15, -0.1) is 0 Å². The predicted octanol–water partition coefficient (Wildman–Crippen LogP) is 6.57. The lowest BCUT2D eigenvalue weighted by Crippen LogP contribution is -2.43. The largest absolute Gasteiger partial charge is 0.361 e. The zero-order valence-corrected chi connectivity index (χ0v) is 23.1. The lowest BCUT2D eigenvalue weighted by atomic mass is 9.99. The minimum atomic E-state index is -1.02. The molecule has 2 aliphatic heterocycles. The highest BCUT2D eigenvalue weighted by atomic mass is 19.2.